The van der Waals surface area contributed by atoms with E-state index in [1.54, 1.807) is 31.4 Å². The number of hydrogen-bond donors (Lipinski definition) is 1. The molecule has 0 aliphatic carbocycles. The molecule has 4 aromatic rings. The van der Waals surface area contributed by atoms with Gasteiger partial charge in [0.1, 0.15) is 11.5 Å². The monoisotopic (exact) mass is 597 g/mol. The van der Waals surface area contributed by atoms with E-state index in [1.165, 1.54) is 6.07 Å². The average Bonchev–Trinajstić information content (AvgIpc) is 2.98. The molecule has 0 radical (unpaired) electrons. The Morgan fingerprint density at radius 2 is 1.64 bits per heavy atom. The largest absolute Gasteiger partial charge is 0.497 e. The predicted octanol–water partition coefficient (Wildman–Crippen LogP) is 7.07. The molecule has 6 nitrogen and oxygen atoms in total. The van der Waals surface area contributed by atoms with Crippen molar-refractivity contribution in [3.63, 3.8) is 0 Å². The highest BCUT2D eigenvalue weighted by Gasteiger charge is 2.32. The lowest BCUT2D eigenvalue weighted by molar-refractivity contribution is -0.137. The Kier molecular flexibility index (Phi) is 9.57. The van der Waals surface area contributed by atoms with Crippen LogP contribution in [0.25, 0.3) is 11.1 Å². The lowest BCUT2D eigenvalue weighted by Gasteiger charge is -2.16. The van der Waals surface area contributed by atoms with Gasteiger partial charge in [0, 0.05) is 17.2 Å². The Morgan fingerprint density at radius 3 is 2.33 bits per heavy atom. The second-order valence-corrected chi connectivity index (χ2v) is 11.2. The van der Waals surface area contributed by atoms with Crippen molar-refractivity contribution < 1.29 is 35.9 Å². The Labute approximate surface area is 243 Å². The van der Waals surface area contributed by atoms with Crippen LogP contribution in [0.1, 0.15) is 40.4 Å². The third-order valence-corrected chi connectivity index (χ3v) is 7.86. The SMILES string of the molecule is CCCOc1cc(OC)ccc1-c1ccc(C(=O)NS(=O)(=O)c2cccc(C(F)(F)F)c2)c(CCc2ccccc2)c1. The third kappa shape index (κ3) is 7.50. The second-order valence-electron chi connectivity index (χ2n) is 9.53. The molecule has 10 heteroatoms. The number of amides is 1. The molecule has 0 aliphatic rings. The van der Waals surface area contributed by atoms with Crippen LogP contribution in [-0.2, 0) is 29.0 Å². The van der Waals surface area contributed by atoms with E-state index in [2.05, 4.69) is 0 Å². The molecule has 220 valence electrons. The lowest BCUT2D eigenvalue weighted by Crippen LogP contribution is -2.31. The number of carbonyl (C=O) groups excluding carboxylic acids is 1. The number of alkyl halides is 3. The van der Waals surface area contributed by atoms with Crippen LogP contribution in [0.5, 0.6) is 11.5 Å². The van der Waals surface area contributed by atoms with Crippen LogP contribution >= 0.6 is 0 Å². The van der Waals surface area contributed by atoms with Gasteiger partial charge in [0.2, 0.25) is 0 Å². The molecule has 0 spiro atoms. The number of nitrogens with one attached hydrogen (secondary N) is 1. The van der Waals surface area contributed by atoms with Crippen molar-refractivity contribution in [3.05, 3.63) is 113 Å². The first-order valence-electron chi connectivity index (χ1n) is 13.2. The fourth-order valence-corrected chi connectivity index (χ4v) is 5.40. The topological polar surface area (TPSA) is 81.7 Å². The predicted molar refractivity (Wildman–Crippen MR) is 154 cm³/mol. The fraction of sp³-hybridized carbons (Fsp3) is 0.219. The first-order chi connectivity index (χ1) is 20.0. The minimum Gasteiger partial charge on any atom is -0.497 e. The number of aryl methyl sites for hydroxylation is 2. The molecule has 4 aromatic carbocycles. The van der Waals surface area contributed by atoms with Crippen LogP contribution in [0.2, 0.25) is 0 Å². The number of ether oxygens (including phenoxy) is 2. The van der Waals surface area contributed by atoms with E-state index in [1.807, 2.05) is 48.0 Å². The van der Waals surface area contributed by atoms with Crippen LogP contribution in [0.4, 0.5) is 13.2 Å². The van der Waals surface area contributed by atoms with E-state index >= 15 is 0 Å². The summed E-state index contributed by atoms with van der Waals surface area (Å²) >= 11 is 0. The molecule has 0 bridgehead atoms. The molecule has 0 unspecified atom stereocenters. The van der Waals surface area contributed by atoms with Crippen molar-refractivity contribution in [2.24, 2.45) is 0 Å². The standard InChI is InChI=1S/C32H30F3NO5S/c1-3-18-41-30-21-26(40-2)15-17-28(30)23-14-16-29(24(19-23)13-12-22-8-5-4-6-9-22)31(37)36-42(38,39)27-11-7-10-25(20-27)32(33,34)35/h4-11,14-17,19-21H,3,12-13,18H2,1-2H3,(H,36,37). The molecular formula is C32H30F3NO5S. The highest BCUT2D eigenvalue weighted by Crippen LogP contribution is 2.35. The number of rotatable bonds is 11. The van der Waals surface area contributed by atoms with E-state index in [-0.39, 0.29) is 5.56 Å². The van der Waals surface area contributed by atoms with Gasteiger partial charge in [-0.25, -0.2) is 13.1 Å². The van der Waals surface area contributed by atoms with E-state index < -0.39 is 32.6 Å². The Hall–Kier alpha value is -4.31. The van der Waals surface area contributed by atoms with Gasteiger partial charge in [0.15, 0.2) is 0 Å². The Balaban J connectivity index is 1.71. The molecule has 1 N–H and O–H groups in total. The number of methoxy groups -OCH3 is 1. The molecule has 0 saturated carbocycles. The zero-order chi connectivity index (χ0) is 30.3. The van der Waals surface area contributed by atoms with Gasteiger partial charge in [0.25, 0.3) is 15.9 Å². The zero-order valence-corrected chi connectivity index (χ0v) is 23.9. The van der Waals surface area contributed by atoms with E-state index in [9.17, 15) is 26.4 Å². The van der Waals surface area contributed by atoms with Crippen LogP contribution in [-0.4, -0.2) is 28.0 Å². The maximum atomic E-state index is 13.3. The van der Waals surface area contributed by atoms with Crippen molar-refractivity contribution in [2.75, 3.05) is 13.7 Å². The van der Waals surface area contributed by atoms with Crippen LogP contribution in [0, 0.1) is 0 Å². The van der Waals surface area contributed by atoms with E-state index in [0.717, 1.165) is 41.3 Å². The van der Waals surface area contributed by atoms with Crippen molar-refractivity contribution in [1.29, 1.82) is 0 Å². The Morgan fingerprint density at radius 1 is 0.881 bits per heavy atom. The van der Waals surface area contributed by atoms with E-state index in [0.29, 0.717) is 42.6 Å². The lowest BCUT2D eigenvalue weighted by atomic mass is 9.94. The summed E-state index contributed by atoms with van der Waals surface area (Å²) in [5.41, 5.74) is 2.03. The molecule has 0 aliphatic heterocycles. The molecule has 0 heterocycles. The van der Waals surface area contributed by atoms with E-state index in [4.69, 9.17) is 9.47 Å². The smallest absolute Gasteiger partial charge is 0.416 e. The van der Waals surface area contributed by atoms with Crippen molar-refractivity contribution in [3.8, 4) is 22.6 Å². The minimum atomic E-state index is -4.74. The van der Waals surface area contributed by atoms with Gasteiger partial charge in [0.05, 0.1) is 24.2 Å². The molecule has 0 fully saturated rings. The van der Waals surface area contributed by atoms with Gasteiger partial charge in [-0.2, -0.15) is 13.2 Å². The summed E-state index contributed by atoms with van der Waals surface area (Å²) in [5.74, 6) is 0.263. The zero-order valence-electron chi connectivity index (χ0n) is 23.1. The van der Waals surface area contributed by atoms with Gasteiger partial charge in [-0.1, -0.05) is 55.5 Å². The van der Waals surface area contributed by atoms with Gasteiger partial charge in [-0.3, -0.25) is 4.79 Å². The number of halogens is 3. The molecule has 0 saturated heterocycles. The molecule has 1 amide bonds. The molecule has 4 rings (SSSR count). The maximum absolute atomic E-state index is 13.3. The maximum Gasteiger partial charge on any atom is 0.416 e. The van der Waals surface area contributed by atoms with Crippen LogP contribution in [0.3, 0.4) is 0 Å². The quantitative estimate of drug-likeness (QED) is 0.200. The van der Waals surface area contributed by atoms with Gasteiger partial charge < -0.3 is 9.47 Å². The normalized spacial score (nSPS) is 11.6. The highest BCUT2D eigenvalue weighted by atomic mass is 32.2. The molecule has 0 atom stereocenters. The van der Waals surface area contributed by atoms with Gasteiger partial charge in [-0.15, -0.1) is 0 Å². The van der Waals surface area contributed by atoms with Gasteiger partial charge >= 0.3 is 6.18 Å². The first-order valence-corrected chi connectivity index (χ1v) is 14.7. The minimum absolute atomic E-state index is 0.0924. The summed E-state index contributed by atoms with van der Waals surface area (Å²) in [4.78, 5) is 12.7. The van der Waals surface area contributed by atoms with Crippen LogP contribution in [0.15, 0.2) is 95.9 Å². The molecule has 42 heavy (non-hydrogen) atoms. The molecule has 0 aromatic heterocycles. The fourth-order valence-electron chi connectivity index (χ4n) is 4.39. The number of benzene rings is 4. The third-order valence-electron chi connectivity index (χ3n) is 6.54. The van der Waals surface area contributed by atoms with Crippen molar-refractivity contribution >= 4 is 15.9 Å². The summed E-state index contributed by atoms with van der Waals surface area (Å²) in [7, 11) is -3.04. The molecular weight excluding hydrogens is 567 g/mol. The van der Waals surface area contributed by atoms with Gasteiger partial charge in [-0.05, 0) is 72.4 Å². The summed E-state index contributed by atoms with van der Waals surface area (Å²) in [6.45, 7) is 2.47. The number of hydrogen-bond acceptors (Lipinski definition) is 5. The number of carbonyl (C=O) groups is 1. The first kappa shape index (κ1) is 30.6. The summed E-state index contributed by atoms with van der Waals surface area (Å²) in [6, 6.07) is 23.2. The highest BCUT2D eigenvalue weighted by molar-refractivity contribution is 7.90. The summed E-state index contributed by atoms with van der Waals surface area (Å²) in [5, 5.41) is 0. The summed E-state index contributed by atoms with van der Waals surface area (Å²) in [6.07, 6.45) is -2.99. The number of sulfonamides is 1. The Bertz CT molecular complexity index is 1650. The summed E-state index contributed by atoms with van der Waals surface area (Å²) < 4.78 is 78.7. The van der Waals surface area contributed by atoms with Crippen LogP contribution < -0.4 is 14.2 Å². The van der Waals surface area contributed by atoms with Crippen molar-refractivity contribution in [1.82, 2.24) is 4.72 Å². The van der Waals surface area contributed by atoms with Crippen molar-refractivity contribution in [2.45, 2.75) is 37.3 Å². The average molecular weight is 598 g/mol. The second kappa shape index (κ2) is 13.1.